The number of nitrogens with one attached hydrogen (secondary N) is 3. The Hall–Kier alpha value is -3.81. The van der Waals surface area contributed by atoms with Crippen LogP contribution in [-0.4, -0.2) is 35.8 Å². The Morgan fingerprint density at radius 1 is 0.964 bits per heavy atom. The summed E-state index contributed by atoms with van der Waals surface area (Å²) >= 11 is 0. The predicted octanol–water partition coefficient (Wildman–Crippen LogP) is 1.89. The number of rotatable bonds is 3. The van der Waals surface area contributed by atoms with Crippen LogP contribution in [0.25, 0.3) is 10.9 Å². The minimum absolute atomic E-state index is 0.264. The summed E-state index contributed by atoms with van der Waals surface area (Å²) in [6.45, 7) is 2.56. The van der Waals surface area contributed by atoms with Crippen LogP contribution in [-0.2, 0) is 4.79 Å². The zero-order valence-corrected chi connectivity index (χ0v) is 15.0. The largest absolute Gasteiger partial charge is 0.486 e. The fourth-order valence-electron chi connectivity index (χ4n) is 3.11. The third-order valence-corrected chi connectivity index (χ3v) is 4.42. The quantitative estimate of drug-likeness (QED) is 0.366. The second kappa shape index (κ2) is 7.07. The lowest BCUT2D eigenvalue weighted by molar-refractivity contribution is -0.117. The summed E-state index contributed by atoms with van der Waals surface area (Å²) in [6.07, 6.45) is 0. The molecule has 2 aromatic carbocycles. The van der Waals surface area contributed by atoms with E-state index in [0.717, 1.165) is 5.52 Å². The van der Waals surface area contributed by atoms with Gasteiger partial charge in [0.25, 0.3) is 11.7 Å². The van der Waals surface area contributed by atoms with E-state index in [2.05, 4.69) is 15.8 Å². The van der Waals surface area contributed by atoms with E-state index in [1.54, 1.807) is 31.2 Å². The van der Waals surface area contributed by atoms with Crippen LogP contribution in [0.2, 0.25) is 0 Å². The number of benzene rings is 2. The molecule has 8 nitrogen and oxygen atoms in total. The summed E-state index contributed by atoms with van der Waals surface area (Å²) < 4.78 is 10.8. The van der Waals surface area contributed by atoms with E-state index in [-0.39, 0.29) is 11.1 Å². The molecule has 8 heteroatoms. The van der Waals surface area contributed by atoms with Crippen molar-refractivity contribution in [2.24, 2.45) is 0 Å². The maximum atomic E-state index is 12.6. The smallest absolute Gasteiger partial charge is 0.310 e. The molecule has 0 fully saturated rings. The molecule has 0 aliphatic carbocycles. The Morgan fingerprint density at radius 2 is 1.71 bits per heavy atom. The number of amides is 2. The highest BCUT2D eigenvalue weighted by atomic mass is 16.6. The number of para-hydroxylation sites is 1. The summed E-state index contributed by atoms with van der Waals surface area (Å²) in [5.41, 5.74) is 6.30. The lowest BCUT2D eigenvalue weighted by Crippen LogP contribution is -2.45. The summed E-state index contributed by atoms with van der Waals surface area (Å²) in [5, 5.41) is 0.651. The van der Waals surface area contributed by atoms with Gasteiger partial charge >= 0.3 is 5.91 Å². The first-order valence-electron chi connectivity index (χ1n) is 8.66. The van der Waals surface area contributed by atoms with Crippen LogP contribution in [0.5, 0.6) is 11.5 Å². The van der Waals surface area contributed by atoms with Gasteiger partial charge in [0.15, 0.2) is 11.5 Å². The molecule has 0 unspecified atom stereocenters. The van der Waals surface area contributed by atoms with E-state index in [9.17, 15) is 14.4 Å². The molecule has 3 N–H and O–H groups in total. The first kappa shape index (κ1) is 17.6. The molecule has 2 heterocycles. The fraction of sp³-hybridized carbons (Fsp3) is 0.150. The molecule has 142 valence electrons. The molecule has 0 saturated heterocycles. The number of aromatic nitrogens is 1. The van der Waals surface area contributed by atoms with Gasteiger partial charge in [0.1, 0.15) is 13.2 Å². The van der Waals surface area contributed by atoms with Crippen molar-refractivity contribution in [1.82, 2.24) is 15.8 Å². The average Bonchev–Trinajstić information content (AvgIpc) is 3.06. The minimum Gasteiger partial charge on any atom is -0.486 e. The number of ketones is 1. The molecular formula is C20H17N3O5. The lowest BCUT2D eigenvalue weighted by atomic mass is 10.1. The van der Waals surface area contributed by atoms with Gasteiger partial charge < -0.3 is 14.5 Å². The number of fused-ring (bicyclic) bond motifs is 2. The lowest BCUT2D eigenvalue weighted by Gasteiger charge is -2.18. The van der Waals surface area contributed by atoms with E-state index >= 15 is 0 Å². The second-order valence-corrected chi connectivity index (χ2v) is 6.27. The van der Waals surface area contributed by atoms with E-state index < -0.39 is 17.6 Å². The van der Waals surface area contributed by atoms with Gasteiger partial charge in [-0.05, 0) is 31.2 Å². The summed E-state index contributed by atoms with van der Waals surface area (Å²) in [4.78, 5) is 40.2. The van der Waals surface area contributed by atoms with Crippen LogP contribution in [0.3, 0.4) is 0 Å². The molecule has 2 amide bonds. The van der Waals surface area contributed by atoms with Crippen LogP contribution >= 0.6 is 0 Å². The molecule has 0 bridgehead atoms. The van der Waals surface area contributed by atoms with E-state index in [0.29, 0.717) is 35.8 Å². The molecule has 3 aromatic rings. The number of aromatic amines is 1. The van der Waals surface area contributed by atoms with Gasteiger partial charge in [0, 0.05) is 22.2 Å². The average molecular weight is 379 g/mol. The zero-order valence-electron chi connectivity index (χ0n) is 15.0. The Morgan fingerprint density at radius 3 is 2.54 bits per heavy atom. The predicted molar refractivity (Wildman–Crippen MR) is 100 cm³/mol. The Bertz CT molecular complexity index is 1100. The van der Waals surface area contributed by atoms with Gasteiger partial charge in [0.2, 0.25) is 0 Å². The highest BCUT2D eigenvalue weighted by molar-refractivity contribution is 6.45. The zero-order chi connectivity index (χ0) is 19.7. The maximum absolute atomic E-state index is 12.6. The van der Waals surface area contributed by atoms with Crippen molar-refractivity contribution in [2.75, 3.05) is 13.2 Å². The first-order valence-corrected chi connectivity index (χ1v) is 8.66. The second-order valence-electron chi connectivity index (χ2n) is 6.27. The monoisotopic (exact) mass is 379 g/mol. The van der Waals surface area contributed by atoms with Crippen LogP contribution < -0.4 is 20.3 Å². The normalized spacial score (nSPS) is 12.5. The van der Waals surface area contributed by atoms with Crippen molar-refractivity contribution in [2.45, 2.75) is 6.92 Å². The minimum atomic E-state index is -0.932. The molecule has 0 spiro atoms. The number of hydrazine groups is 1. The van der Waals surface area contributed by atoms with E-state index in [1.807, 2.05) is 12.1 Å². The Kier molecular flexibility index (Phi) is 4.44. The highest BCUT2D eigenvalue weighted by Crippen LogP contribution is 2.30. The van der Waals surface area contributed by atoms with Crippen LogP contribution in [0, 0.1) is 6.92 Å². The molecule has 28 heavy (non-hydrogen) atoms. The van der Waals surface area contributed by atoms with Gasteiger partial charge in [-0.15, -0.1) is 0 Å². The third-order valence-electron chi connectivity index (χ3n) is 4.42. The summed E-state index contributed by atoms with van der Waals surface area (Å²) in [5.74, 6) is -1.24. The van der Waals surface area contributed by atoms with Crippen molar-refractivity contribution in [3.8, 4) is 11.5 Å². The number of hydrogen-bond donors (Lipinski definition) is 3. The highest BCUT2D eigenvalue weighted by Gasteiger charge is 2.23. The number of carbonyl (C=O) groups excluding carboxylic acids is 3. The van der Waals surface area contributed by atoms with Gasteiger partial charge in [-0.2, -0.15) is 0 Å². The van der Waals surface area contributed by atoms with Crippen molar-refractivity contribution in [3.05, 3.63) is 59.3 Å². The number of hydrogen-bond acceptors (Lipinski definition) is 5. The number of ether oxygens (including phenoxy) is 2. The van der Waals surface area contributed by atoms with E-state index in [4.69, 9.17) is 9.47 Å². The molecule has 4 rings (SSSR count). The van der Waals surface area contributed by atoms with Gasteiger partial charge in [-0.3, -0.25) is 25.2 Å². The summed E-state index contributed by atoms with van der Waals surface area (Å²) in [6, 6.07) is 11.9. The molecule has 0 saturated carbocycles. The molecule has 1 aliphatic heterocycles. The maximum Gasteiger partial charge on any atom is 0.310 e. The number of carbonyl (C=O) groups is 3. The Balaban J connectivity index is 1.46. The Labute approximate surface area is 159 Å². The number of Topliss-reactive ketones (excluding diaryl/α,β-unsaturated/α-hetero) is 1. The van der Waals surface area contributed by atoms with Crippen molar-refractivity contribution >= 4 is 28.5 Å². The summed E-state index contributed by atoms with van der Waals surface area (Å²) in [7, 11) is 0. The topological polar surface area (TPSA) is 110 Å². The van der Waals surface area contributed by atoms with Crippen LogP contribution in [0.1, 0.15) is 26.4 Å². The molecule has 1 aromatic heterocycles. The van der Waals surface area contributed by atoms with Gasteiger partial charge in [0.05, 0.1) is 5.56 Å². The SMILES string of the molecule is Cc1[nH]c2ccccc2c1C(=O)C(=O)NNC(=O)c1ccc2c(c1)OCCO2. The van der Waals surface area contributed by atoms with Gasteiger partial charge in [-0.1, -0.05) is 18.2 Å². The molecule has 1 aliphatic rings. The fourth-order valence-corrected chi connectivity index (χ4v) is 3.11. The van der Waals surface area contributed by atoms with Crippen molar-refractivity contribution < 1.29 is 23.9 Å². The first-order chi connectivity index (χ1) is 13.5. The number of aryl methyl sites for hydroxylation is 1. The molecule has 0 radical (unpaired) electrons. The standard InChI is InChI=1S/C20H17N3O5/c1-11-17(13-4-2-3-5-14(13)21-11)18(24)20(26)23-22-19(25)12-6-7-15-16(10-12)28-9-8-27-15/h2-7,10,21H,8-9H2,1H3,(H,22,25)(H,23,26). The van der Waals surface area contributed by atoms with Crippen LogP contribution in [0.4, 0.5) is 0 Å². The molecular weight excluding hydrogens is 362 g/mol. The number of H-pyrrole nitrogens is 1. The van der Waals surface area contributed by atoms with Gasteiger partial charge in [-0.25, -0.2) is 0 Å². The van der Waals surface area contributed by atoms with Crippen LogP contribution in [0.15, 0.2) is 42.5 Å². The van der Waals surface area contributed by atoms with Crippen molar-refractivity contribution in [1.29, 1.82) is 0 Å². The molecule has 0 atom stereocenters. The van der Waals surface area contributed by atoms with E-state index in [1.165, 1.54) is 6.07 Å². The third kappa shape index (κ3) is 3.16. The van der Waals surface area contributed by atoms with Crippen molar-refractivity contribution in [3.63, 3.8) is 0 Å².